The van der Waals surface area contributed by atoms with Crippen molar-refractivity contribution in [1.29, 1.82) is 0 Å². The lowest BCUT2D eigenvalue weighted by Crippen LogP contribution is -2.51. The van der Waals surface area contributed by atoms with E-state index in [4.69, 9.17) is 0 Å². The molecule has 1 amide bonds. The number of nitrogens with one attached hydrogen (secondary N) is 3. The summed E-state index contributed by atoms with van der Waals surface area (Å²) in [5, 5.41) is 17.1. The molecule has 10 heteroatoms. The van der Waals surface area contributed by atoms with Crippen molar-refractivity contribution in [2.75, 3.05) is 19.4 Å². The number of aromatic hydroxyl groups is 1. The van der Waals surface area contributed by atoms with Gasteiger partial charge in [-0.3, -0.25) is 10.1 Å². The van der Waals surface area contributed by atoms with Gasteiger partial charge in [-0.25, -0.2) is 0 Å². The van der Waals surface area contributed by atoms with Crippen LogP contribution in [0.2, 0.25) is 0 Å². The molecule has 0 saturated carbocycles. The number of phenols is 1. The monoisotopic (exact) mass is 499 g/mol. The summed E-state index contributed by atoms with van der Waals surface area (Å²) >= 11 is 0. The second kappa shape index (κ2) is 9.25. The van der Waals surface area contributed by atoms with Crippen molar-refractivity contribution in [1.82, 2.24) is 14.9 Å². The average molecular weight is 500 g/mol. The number of anilines is 1. The summed E-state index contributed by atoms with van der Waals surface area (Å²) in [5.41, 5.74) is 3.83. The number of rotatable bonds is 5. The molecule has 2 aromatic carbocycles. The van der Waals surface area contributed by atoms with Crippen LogP contribution in [0.5, 0.6) is 5.75 Å². The van der Waals surface area contributed by atoms with Crippen molar-refractivity contribution >= 4 is 27.6 Å². The van der Waals surface area contributed by atoms with Gasteiger partial charge >= 0.3 is 10.2 Å². The number of carbonyl (C=O) groups excluding carboxylic acids is 1. The van der Waals surface area contributed by atoms with Gasteiger partial charge in [-0.05, 0) is 53.5 Å². The van der Waals surface area contributed by atoms with E-state index in [2.05, 4.69) is 58.7 Å². The Hall–Kier alpha value is -2.95. The molecule has 0 aromatic heterocycles. The van der Waals surface area contributed by atoms with Crippen molar-refractivity contribution in [3.8, 4) is 5.75 Å². The normalized spacial score (nSPS) is 19.7. The number of benzene rings is 2. The summed E-state index contributed by atoms with van der Waals surface area (Å²) in [6.45, 7) is 6.27. The molecule has 2 aromatic rings. The Bertz CT molecular complexity index is 1280. The van der Waals surface area contributed by atoms with Gasteiger partial charge in [-0.1, -0.05) is 45.0 Å². The number of fused-ring (bicyclic) bond motifs is 1. The highest BCUT2D eigenvalue weighted by Gasteiger charge is 2.37. The molecule has 0 bridgehead atoms. The zero-order chi connectivity index (χ0) is 25.5. The Morgan fingerprint density at radius 2 is 1.89 bits per heavy atom. The Morgan fingerprint density at radius 3 is 2.57 bits per heavy atom. The van der Waals surface area contributed by atoms with E-state index in [1.165, 1.54) is 22.1 Å². The van der Waals surface area contributed by atoms with Crippen LogP contribution in [0.4, 0.5) is 5.69 Å². The lowest BCUT2D eigenvalue weighted by molar-refractivity contribution is 0.0824. The second-order valence-corrected chi connectivity index (χ2v) is 11.7. The third-order valence-electron chi connectivity index (χ3n) is 6.35. The maximum Gasteiger partial charge on any atom is 0.323 e. The third kappa shape index (κ3) is 5.34. The highest BCUT2D eigenvalue weighted by Crippen LogP contribution is 2.36. The standard InChI is InChI=1S/C25H33N5O4S/c1-25(2,3)21(17-13-12-15-8-6-9-16(15)14-17)27-23-22(28-35(33,34)29-23)26-19-11-7-10-18(20(19)31)24(32)30(4)5/h7,10-14,21,23,27,29,31H,6,8-9H2,1-5H3,(H,26,28). The molecule has 0 fully saturated rings. The van der Waals surface area contributed by atoms with Gasteiger partial charge in [0.05, 0.1) is 11.3 Å². The van der Waals surface area contributed by atoms with Gasteiger partial charge in [0.25, 0.3) is 5.91 Å². The number of aryl methyl sites for hydroxylation is 2. The van der Waals surface area contributed by atoms with Crippen molar-refractivity contribution in [3.05, 3.63) is 58.7 Å². The highest BCUT2D eigenvalue weighted by molar-refractivity contribution is 7.88. The Balaban J connectivity index is 1.64. The maximum absolute atomic E-state index is 12.4. The van der Waals surface area contributed by atoms with E-state index >= 15 is 0 Å². The molecule has 4 rings (SSSR count). The van der Waals surface area contributed by atoms with Gasteiger partial charge < -0.3 is 15.3 Å². The minimum Gasteiger partial charge on any atom is -0.505 e. The molecule has 188 valence electrons. The van der Waals surface area contributed by atoms with E-state index < -0.39 is 16.4 Å². The number of hydrogen-bond acceptors (Lipinski definition) is 6. The molecule has 9 nitrogen and oxygen atoms in total. The van der Waals surface area contributed by atoms with Crippen molar-refractivity contribution in [3.63, 3.8) is 0 Å². The van der Waals surface area contributed by atoms with Crippen LogP contribution < -0.4 is 15.4 Å². The first kappa shape index (κ1) is 25.2. The lowest BCUT2D eigenvalue weighted by Gasteiger charge is -2.35. The summed E-state index contributed by atoms with van der Waals surface area (Å²) in [6, 6.07) is 11.0. The van der Waals surface area contributed by atoms with Crippen LogP contribution in [-0.2, 0) is 23.1 Å². The molecule has 1 heterocycles. The van der Waals surface area contributed by atoms with Crippen LogP contribution in [0.1, 0.15) is 60.3 Å². The first-order valence-electron chi connectivity index (χ1n) is 11.7. The van der Waals surface area contributed by atoms with Crippen LogP contribution in [0, 0.1) is 5.41 Å². The fourth-order valence-corrected chi connectivity index (χ4v) is 5.54. The van der Waals surface area contributed by atoms with E-state index in [-0.39, 0.29) is 40.2 Å². The van der Waals surface area contributed by atoms with Crippen molar-refractivity contribution in [2.24, 2.45) is 9.81 Å². The summed E-state index contributed by atoms with van der Waals surface area (Å²) < 4.78 is 31.2. The Labute approximate surface area is 206 Å². The molecule has 35 heavy (non-hydrogen) atoms. The third-order valence-corrected chi connectivity index (χ3v) is 7.32. The molecule has 0 saturated heterocycles. The molecular formula is C25H33N5O4S. The largest absolute Gasteiger partial charge is 0.505 e. The summed E-state index contributed by atoms with van der Waals surface area (Å²) in [5.74, 6) is -0.558. The number of phenolic OH excluding ortho intramolecular Hbond substituents is 1. The fourth-order valence-electron chi connectivity index (χ4n) is 4.60. The molecule has 4 N–H and O–H groups in total. The maximum atomic E-state index is 12.4. The Morgan fingerprint density at radius 1 is 1.17 bits per heavy atom. The molecule has 2 aliphatic rings. The van der Waals surface area contributed by atoms with Gasteiger partial charge in [0, 0.05) is 20.1 Å². The van der Waals surface area contributed by atoms with Crippen LogP contribution >= 0.6 is 0 Å². The molecule has 0 spiro atoms. The topological polar surface area (TPSA) is 123 Å². The van der Waals surface area contributed by atoms with Gasteiger partial charge in [-0.2, -0.15) is 13.1 Å². The van der Waals surface area contributed by atoms with Crippen LogP contribution in [-0.4, -0.2) is 50.4 Å². The number of amides is 1. The van der Waals surface area contributed by atoms with Crippen LogP contribution in [0.25, 0.3) is 0 Å². The van der Waals surface area contributed by atoms with E-state index in [1.54, 1.807) is 26.2 Å². The smallest absolute Gasteiger partial charge is 0.323 e. The second-order valence-electron chi connectivity index (χ2n) is 10.4. The van der Waals surface area contributed by atoms with E-state index in [1.807, 2.05) is 0 Å². The summed E-state index contributed by atoms with van der Waals surface area (Å²) in [4.78, 5) is 13.8. The minimum absolute atomic E-state index is 0.0881. The van der Waals surface area contributed by atoms with Gasteiger partial charge in [0.2, 0.25) is 0 Å². The Kier molecular flexibility index (Phi) is 6.65. The zero-order valence-corrected chi connectivity index (χ0v) is 21.5. The highest BCUT2D eigenvalue weighted by atomic mass is 32.2. The number of amidine groups is 1. The number of carbonyl (C=O) groups is 1. The van der Waals surface area contributed by atoms with Crippen LogP contribution in [0.3, 0.4) is 0 Å². The average Bonchev–Trinajstić information content (AvgIpc) is 3.34. The van der Waals surface area contributed by atoms with Crippen LogP contribution in [0.15, 0.2) is 40.8 Å². The van der Waals surface area contributed by atoms with Gasteiger partial charge in [0.15, 0.2) is 11.6 Å². The molecule has 2 unspecified atom stereocenters. The number of hydrogen-bond donors (Lipinski definition) is 4. The molecule has 2 atom stereocenters. The number of nitrogens with zero attached hydrogens (tertiary/aromatic N) is 2. The zero-order valence-electron chi connectivity index (χ0n) is 20.7. The van der Waals surface area contributed by atoms with E-state index in [0.29, 0.717) is 0 Å². The van der Waals surface area contributed by atoms with Crippen molar-refractivity contribution in [2.45, 2.75) is 52.2 Å². The molecule has 1 aliphatic heterocycles. The van der Waals surface area contributed by atoms with E-state index in [9.17, 15) is 18.3 Å². The number of para-hydroxylation sites is 1. The molecule has 0 radical (unpaired) electrons. The summed E-state index contributed by atoms with van der Waals surface area (Å²) in [7, 11) is -0.768. The quantitative estimate of drug-likeness (QED) is 0.469. The van der Waals surface area contributed by atoms with Crippen molar-refractivity contribution < 1.29 is 18.3 Å². The van der Waals surface area contributed by atoms with Gasteiger partial charge in [0.1, 0.15) is 6.17 Å². The van der Waals surface area contributed by atoms with Gasteiger partial charge in [-0.15, -0.1) is 4.40 Å². The first-order valence-corrected chi connectivity index (χ1v) is 13.1. The fraction of sp³-hybridized carbons (Fsp3) is 0.440. The predicted octanol–water partition coefficient (Wildman–Crippen LogP) is 2.94. The lowest BCUT2D eigenvalue weighted by atomic mass is 9.81. The summed E-state index contributed by atoms with van der Waals surface area (Å²) in [6.07, 6.45) is 2.43. The molecule has 1 aliphatic carbocycles. The SMILES string of the molecule is CN(C)C(=O)c1cccc(NC2=NS(=O)(=O)NC2NC(c2ccc3c(c2)CCC3)C(C)(C)C)c1O. The predicted molar refractivity (Wildman–Crippen MR) is 137 cm³/mol. The van der Waals surface area contributed by atoms with E-state index in [0.717, 1.165) is 24.8 Å². The molecular weight excluding hydrogens is 466 g/mol. The first-order chi connectivity index (χ1) is 16.4. The minimum atomic E-state index is -3.94.